The molecule has 0 bridgehead atoms. The first-order valence-corrected chi connectivity index (χ1v) is 11.8. The van der Waals surface area contributed by atoms with E-state index in [0.717, 1.165) is 41.2 Å². The van der Waals surface area contributed by atoms with Gasteiger partial charge in [0.15, 0.2) is 5.78 Å². The number of hydrogen-bond acceptors (Lipinski definition) is 6. The number of ketones is 1. The fourth-order valence-electron chi connectivity index (χ4n) is 4.44. The highest BCUT2D eigenvalue weighted by Crippen LogP contribution is 2.41. The Kier molecular flexibility index (Phi) is 5.51. The Bertz CT molecular complexity index is 1210. The van der Waals surface area contributed by atoms with Crippen molar-refractivity contribution < 1.29 is 9.53 Å². The number of carbonyl (C=O) groups excluding carboxylic acids is 1. The summed E-state index contributed by atoms with van der Waals surface area (Å²) in [7, 11) is 1.65. The highest BCUT2D eigenvalue weighted by atomic mass is 32.2. The van der Waals surface area contributed by atoms with Gasteiger partial charge in [-0.1, -0.05) is 47.7 Å². The lowest BCUT2D eigenvalue weighted by Gasteiger charge is -2.32. The lowest BCUT2D eigenvalue weighted by atomic mass is 9.85. The van der Waals surface area contributed by atoms with E-state index < -0.39 is 0 Å². The van der Waals surface area contributed by atoms with Crippen LogP contribution in [0.5, 0.6) is 5.75 Å². The summed E-state index contributed by atoms with van der Waals surface area (Å²) in [5.41, 5.74) is 6.61. The number of ether oxygens (including phenoxy) is 1. The summed E-state index contributed by atoms with van der Waals surface area (Å²) in [6.45, 7) is 4.25. The standard InChI is InChI=1S/C25H26N4O2S/c1-15-7-8-18(16(2)13-15)14-32-25-27-24-26-20-5-4-6-21(30)22(20)23(29(24)28-25)17-9-11-19(31-3)12-10-17/h7-13,23H,4-6,14H2,1-3H3,(H,26,27,28). The van der Waals surface area contributed by atoms with Crippen LogP contribution in [0.4, 0.5) is 5.95 Å². The fourth-order valence-corrected chi connectivity index (χ4v) is 5.35. The van der Waals surface area contributed by atoms with E-state index in [1.54, 1.807) is 18.9 Å². The highest BCUT2D eigenvalue weighted by Gasteiger charge is 2.36. The van der Waals surface area contributed by atoms with Gasteiger partial charge in [-0.25, -0.2) is 4.68 Å². The maximum absolute atomic E-state index is 12.9. The van der Waals surface area contributed by atoms with Gasteiger partial charge >= 0.3 is 0 Å². The van der Waals surface area contributed by atoms with Crippen LogP contribution in [0, 0.1) is 13.8 Å². The molecule has 0 fully saturated rings. The molecule has 2 aromatic carbocycles. The summed E-state index contributed by atoms with van der Waals surface area (Å²) < 4.78 is 7.19. The Balaban J connectivity index is 1.49. The molecule has 1 aliphatic carbocycles. The Morgan fingerprint density at radius 3 is 2.72 bits per heavy atom. The zero-order valence-corrected chi connectivity index (χ0v) is 19.3. The second kappa shape index (κ2) is 8.47. The second-order valence-electron chi connectivity index (χ2n) is 8.35. The predicted molar refractivity (Wildman–Crippen MR) is 126 cm³/mol. The van der Waals surface area contributed by atoms with E-state index in [-0.39, 0.29) is 11.8 Å². The number of nitrogens with one attached hydrogen (secondary N) is 1. The first kappa shape index (κ1) is 20.8. The molecular formula is C25H26N4O2S. The molecule has 1 unspecified atom stereocenters. The van der Waals surface area contributed by atoms with Gasteiger partial charge in [-0.3, -0.25) is 4.79 Å². The minimum Gasteiger partial charge on any atom is -0.497 e. The van der Waals surface area contributed by atoms with Crippen molar-refractivity contribution in [3.8, 4) is 5.75 Å². The average molecular weight is 447 g/mol. The smallest absolute Gasteiger partial charge is 0.227 e. The number of hydrogen-bond donors (Lipinski definition) is 1. The van der Waals surface area contributed by atoms with Crippen molar-refractivity contribution in [2.24, 2.45) is 0 Å². The summed E-state index contributed by atoms with van der Waals surface area (Å²) in [4.78, 5) is 17.7. The number of anilines is 1. The summed E-state index contributed by atoms with van der Waals surface area (Å²) in [5.74, 6) is 2.47. The van der Waals surface area contributed by atoms with Crippen molar-refractivity contribution in [2.45, 2.75) is 50.1 Å². The van der Waals surface area contributed by atoms with Crippen molar-refractivity contribution in [2.75, 3.05) is 12.4 Å². The molecule has 164 valence electrons. The largest absolute Gasteiger partial charge is 0.497 e. The molecule has 1 atom stereocenters. The van der Waals surface area contributed by atoms with Crippen LogP contribution < -0.4 is 10.1 Å². The number of allylic oxidation sites excluding steroid dienone is 2. The van der Waals surface area contributed by atoms with Crippen molar-refractivity contribution >= 4 is 23.5 Å². The number of rotatable bonds is 5. The molecule has 1 aromatic heterocycles. The van der Waals surface area contributed by atoms with E-state index in [0.29, 0.717) is 17.5 Å². The molecule has 1 N–H and O–H groups in total. The zero-order chi connectivity index (χ0) is 22.2. The number of aromatic nitrogens is 3. The van der Waals surface area contributed by atoms with Crippen LogP contribution in [0.15, 0.2) is 58.9 Å². The number of nitrogens with zero attached hydrogens (tertiary/aromatic N) is 3. The second-order valence-corrected chi connectivity index (χ2v) is 9.29. The molecule has 32 heavy (non-hydrogen) atoms. The lowest BCUT2D eigenvalue weighted by molar-refractivity contribution is -0.116. The van der Waals surface area contributed by atoms with Crippen molar-refractivity contribution in [3.63, 3.8) is 0 Å². The Hall–Kier alpha value is -3.06. The van der Waals surface area contributed by atoms with Gasteiger partial charge in [-0.05, 0) is 55.5 Å². The Morgan fingerprint density at radius 2 is 1.97 bits per heavy atom. The van der Waals surface area contributed by atoms with Gasteiger partial charge in [-0.15, -0.1) is 5.10 Å². The van der Waals surface area contributed by atoms with Crippen LogP contribution in [0.25, 0.3) is 0 Å². The number of Topliss-reactive ketones (excluding diaryl/α,β-unsaturated/α-hetero) is 1. The summed E-state index contributed by atoms with van der Waals surface area (Å²) in [6.07, 6.45) is 2.29. The normalized spacial score (nSPS) is 17.6. The van der Waals surface area contributed by atoms with Crippen LogP contribution in [0.1, 0.15) is 47.6 Å². The van der Waals surface area contributed by atoms with Gasteiger partial charge in [0.2, 0.25) is 11.1 Å². The number of fused-ring (bicyclic) bond motifs is 1. The van der Waals surface area contributed by atoms with Gasteiger partial charge in [0.25, 0.3) is 0 Å². The molecule has 3 aromatic rings. The van der Waals surface area contributed by atoms with E-state index >= 15 is 0 Å². The van der Waals surface area contributed by atoms with Gasteiger partial charge in [0.05, 0.1) is 7.11 Å². The number of benzene rings is 2. The summed E-state index contributed by atoms with van der Waals surface area (Å²) >= 11 is 1.62. The number of methoxy groups -OCH3 is 1. The number of thioether (sulfide) groups is 1. The van der Waals surface area contributed by atoms with Crippen LogP contribution >= 0.6 is 11.8 Å². The molecule has 0 amide bonds. The Morgan fingerprint density at radius 1 is 1.16 bits per heavy atom. The SMILES string of the molecule is COc1ccc(C2C3=C(CCCC3=O)Nc3nc(SCc4ccc(C)cc4C)nn32)cc1. The Labute approximate surface area is 192 Å². The molecule has 7 heteroatoms. The first-order valence-electron chi connectivity index (χ1n) is 10.9. The van der Waals surface area contributed by atoms with Gasteiger partial charge in [0.1, 0.15) is 11.8 Å². The van der Waals surface area contributed by atoms with E-state index in [1.165, 1.54) is 16.7 Å². The molecule has 2 heterocycles. The van der Waals surface area contributed by atoms with Gasteiger partial charge in [0, 0.05) is 23.4 Å². The molecule has 0 saturated heterocycles. The first-order chi connectivity index (χ1) is 15.5. The summed E-state index contributed by atoms with van der Waals surface area (Å²) in [5, 5.41) is 8.93. The number of carbonyl (C=O) groups is 1. The third kappa shape index (κ3) is 3.81. The molecule has 6 nitrogen and oxygen atoms in total. The molecule has 0 spiro atoms. The van der Waals surface area contributed by atoms with Crippen LogP contribution in [0.3, 0.4) is 0 Å². The molecule has 0 saturated carbocycles. The maximum Gasteiger partial charge on any atom is 0.227 e. The van der Waals surface area contributed by atoms with Crippen molar-refractivity contribution in [1.29, 1.82) is 0 Å². The molecule has 5 rings (SSSR count). The molecule has 1 aliphatic heterocycles. The minimum atomic E-state index is -0.275. The van der Waals surface area contributed by atoms with Crippen LogP contribution in [-0.2, 0) is 10.5 Å². The van der Waals surface area contributed by atoms with E-state index in [2.05, 4.69) is 37.4 Å². The predicted octanol–water partition coefficient (Wildman–Crippen LogP) is 5.22. The summed E-state index contributed by atoms with van der Waals surface area (Å²) in [6, 6.07) is 14.1. The van der Waals surface area contributed by atoms with Crippen molar-refractivity contribution in [3.05, 3.63) is 76.0 Å². The van der Waals surface area contributed by atoms with E-state index in [9.17, 15) is 4.79 Å². The van der Waals surface area contributed by atoms with Crippen LogP contribution in [0.2, 0.25) is 0 Å². The zero-order valence-electron chi connectivity index (χ0n) is 18.5. The highest BCUT2D eigenvalue weighted by molar-refractivity contribution is 7.98. The average Bonchev–Trinajstić information content (AvgIpc) is 3.20. The topological polar surface area (TPSA) is 69.0 Å². The maximum atomic E-state index is 12.9. The third-order valence-corrected chi connectivity index (χ3v) is 7.02. The van der Waals surface area contributed by atoms with Crippen LogP contribution in [-0.4, -0.2) is 27.7 Å². The molecule has 2 aliphatic rings. The van der Waals surface area contributed by atoms with Gasteiger partial charge < -0.3 is 10.1 Å². The third-order valence-electron chi connectivity index (χ3n) is 6.14. The fraction of sp³-hybridized carbons (Fsp3) is 0.320. The minimum absolute atomic E-state index is 0.185. The number of aryl methyl sites for hydroxylation is 2. The lowest BCUT2D eigenvalue weighted by Crippen LogP contribution is -2.31. The van der Waals surface area contributed by atoms with E-state index in [4.69, 9.17) is 14.8 Å². The monoisotopic (exact) mass is 446 g/mol. The van der Waals surface area contributed by atoms with Gasteiger partial charge in [-0.2, -0.15) is 4.98 Å². The van der Waals surface area contributed by atoms with E-state index in [1.807, 2.05) is 28.9 Å². The van der Waals surface area contributed by atoms with Crippen molar-refractivity contribution in [1.82, 2.24) is 14.8 Å². The molecule has 0 radical (unpaired) electrons. The quantitative estimate of drug-likeness (QED) is 0.542. The molecular weight excluding hydrogens is 420 g/mol.